The average molecular weight is 333 g/mol. The van der Waals surface area contributed by atoms with Crippen molar-refractivity contribution in [2.45, 2.75) is 32.9 Å². The second kappa shape index (κ2) is 8.43. The number of hydrogen-bond donors (Lipinski definition) is 0. The van der Waals surface area contributed by atoms with E-state index in [0.717, 1.165) is 16.7 Å². The van der Waals surface area contributed by atoms with Crippen LogP contribution in [0.3, 0.4) is 0 Å². The number of amides is 1. The number of carbonyl (C=O) groups is 1. The van der Waals surface area contributed by atoms with Gasteiger partial charge in [-0.05, 0) is 42.2 Å². The van der Waals surface area contributed by atoms with Gasteiger partial charge >= 0.3 is 6.61 Å². The van der Waals surface area contributed by atoms with Gasteiger partial charge in [0, 0.05) is 20.0 Å². The van der Waals surface area contributed by atoms with Gasteiger partial charge in [0.25, 0.3) is 0 Å². The van der Waals surface area contributed by atoms with E-state index in [4.69, 9.17) is 0 Å². The summed E-state index contributed by atoms with van der Waals surface area (Å²) in [5.74, 6) is 0.169. The number of alkyl halides is 2. The Hall–Kier alpha value is -2.43. The van der Waals surface area contributed by atoms with Crippen molar-refractivity contribution in [1.82, 2.24) is 4.90 Å². The number of halogens is 2. The van der Waals surface area contributed by atoms with Gasteiger partial charge in [0.1, 0.15) is 5.75 Å². The van der Waals surface area contributed by atoms with Gasteiger partial charge in [-0.1, -0.05) is 36.4 Å². The maximum Gasteiger partial charge on any atom is 0.387 e. The van der Waals surface area contributed by atoms with E-state index < -0.39 is 6.61 Å². The van der Waals surface area contributed by atoms with Crippen LogP contribution in [0.5, 0.6) is 5.75 Å². The summed E-state index contributed by atoms with van der Waals surface area (Å²) in [7, 11) is 1.79. The minimum absolute atomic E-state index is 0.0474. The summed E-state index contributed by atoms with van der Waals surface area (Å²) >= 11 is 0. The SMILES string of the molecule is Cc1ccccc1CN(C)C(=O)CCc1ccc(OC(F)F)cc1. The molecule has 0 bridgehead atoms. The van der Waals surface area contributed by atoms with Crippen molar-refractivity contribution in [3.63, 3.8) is 0 Å². The van der Waals surface area contributed by atoms with Crippen molar-refractivity contribution in [2.24, 2.45) is 0 Å². The first-order valence-corrected chi connectivity index (χ1v) is 7.78. The molecule has 0 unspecified atom stereocenters. The maximum absolute atomic E-state index is 12.2. The summed E-state index contributed by atoms with van der Waals surface area (Å²) < 4.78 is 28.5. The summed E-state index contributed by atoms with van der Waals surface area (Å²) in [6, 6.07) is 14.4. The molecule has 128 valence electrons. The lowest BCUT2D eigenvalue weighted by molar-refractivity contribution is -0.130. The number of hydrogen-bond acceptors (Lipinski definition) is 2. The number of rotatable bonds is 7. The first-order valence-electron chi connectivity index (χ1n) is 7.78. The van der Waals surface area contributed by atoms with E-state index in [9.17, 15) is 13.6 Å². The van der Waals surface area contributed by atoms with E-state index in [1.807, 2.05) is 31.2 Å². The Morgan fingerprint density at radius 2 is 1.79 bits per heavy atom. The lowest BCUT2D eigenvalue weighted by Gasteiger charge is -2.18. The highest BCUT2D eigenvalue weighted by molar-refractivity contribution is 5.76. The van der Waals surface area contributed by atoms with Crippen molar-refractivity contribution >= 4 is 5.91 Å². The zero-order chi connectivity index (χ0) is 17.5. The summed E-state index contributed by atoms with van der Waals surface area (Å²) in [5.41, 5.74) is 3.20. The summed E-state index contributed by atoms with van der Waals surface area (Å²) in [5, 5.41) is 0. The number of benzene rings is 2. The number of nitrogens with zero attached hydrogens (tertiary/aromatic N) is 1. The van der Waals surface area contributed by atoms with E-state index >= 15 is 0 Å². The van der Waals surface area contributed by atoms with Crippen LogP contribution in [0, 0.1) is 6.92 Å². The first kappa shape index (κ1) is 17.9. The Morgan fingerprint density at radius 3 is 2.42 bits per heavy atom. The van der Waals surface area contributed by atoms with Crippen LogP contribution < -0.4 is 4.74 Å². The molecule has 0 atom stereocenters. The quantitative estimate of drug-likeness (QED) is 0.760. The lowest BCUT2D eigenvalue weighted by Crippen LogP contribution is -2.26. The number of aryl methyl sites for hydroxylation is 2. The van der Waals surface area contributed by atoms with Crippen molar-refractivity contribution in [1.29, 1.82) is 0 Å². The molecule has 0 N–H and O–H groups in total. The van der Waals surface area contributed by atoms with Crippen LogP contribution in [0.15, 0.2) is 48.5 Å². The van der Waals surface area contributed by atoms with Gasteiger partial charge in [0.15, 0.2) is 0 Å². The molecule has 0 radical (unpaired) electrons. The standard InChI is InChI=1S/C19H21F2NO2/c1-14-5-3-4-6-16(14)13-22(2)18(23)12-9-15-7-10-17(11-8-15)24-19(20)21/h3-8,10-11,19H,9,12-13H2,1-2H3. The van der Waals surface area contributed by atoms with Crippen LogP contribution in [0.25, 0.3) is 0 Å². The predicted octanol–water partition coefficient (Wildman–Crippen LogP) is 4.19. The molecule has 0 aliphatic heterocycles. The van der Waals surface area contributed by atoms with Crippen LogP contribution in [-0.4, -0.2) is 24.5 Å². The maximum atomic E-state index is 12.2. The fourth-order valence-electron chi connectivity index (χ4n) is 2.41. The van der Waals surface area contributed by atoms with Crippen molar-refractivity contribution in [3.8, 4) is 5.75 Å². The fraction of sp³-hybridized carbons (Fsp3) is 0.316. The van der Waals surface area contributed by atoms with Crippen LogP contribution in [0.2, 0.25) is 0 Å². The molecular weight excluding hydrogens is 312 g/mol. The third-order valence-corrected chi connectivity index (χ3v) is 3.87. The summed E-state index contributed by atoms with van der Waals surface area (Å²) in [6.45, 7) is -0.226. The van der Waals surface area contributed by atoms with Gasteiger partial charge in [0.05, 0.1) is 0 Å². The molecule has 0 saturated carbocycles. The van der Waals surface area contributed by atoms with Crippen LogP contribution in [0.1, 0.15) is 23.1 Å². The molecule has 24 heavy (non-hydrogen) atoms. The molecule has 0 spiro atoms. The second-order valence-corrected chi connectivity index (χ2v) is 5.70. The highest BCUT2D eigenvalue weighted by Gasteiger charge is 2.11. The molecule has 2 aromatic rings. The topological polar surface area (TPSA) is 29.5 Å². The van der Waals surface area contributed by atoms with Gasteiger partial charge < -0.3 is 9.64 Å². The van der Waals surface area contributed by atoms with Crippen LogP contribution in [0.4, 0.5) is 8.78 Å². The minimum Gasteiger partial charge on any atom is -0.435 e. The monoisotopic (exact) mass is 333 g/mol. The van der Waals surface area contributed by atoms with Gasteiger partial charge in [-0.2, -0.15) is 8.78 Å². The van der Waals surface area contributed by atoms with E-state index in [1.165, 1.54) is 12.1 Å². The predicted molar refractivity (Wildman–Crippen MR) is 89.0 cm³/mol. The van der Waals surface area contributed by atoms with E-state index in [-0.39, 0.29) is 11.7 Å². The average Bonchev–Trinajstić information content (AvgIpc) is 2.55. The third-order valence-electron chi connectivity index (χ3n) is 3.87. The highest BCUT2D eigenvalue weighted by Crippen LogP contribution is 2.16. The molecule has 0 heterocycles. The molecule has 0 aromatic heterocycles. The van der Waals surface area contributed by atoms with E-state index in [0.29, 0.717) is 19.4 Å². The van der Waals surface area contributed by atoms with E-state index in [1.54, 1.807) is 24.1 Å². The molecule has 0 aliphatic rings. The molecule has 0 saturated heterocycles. The molecule has 5 heteroatoms. The van der Waals surface area contributed by atoms with Crippen LogP contribution >= 0.6 is 0 Å². The Kier molecular flexibility index (Phi) is 6.29. The van der Waals surface area contributed by atoms with Crippen molar-refractivity contribution < 1.29 is 18.3 Å². The van der Waals surface area contributed by atoms with Crippen LogP contribution in [-0.2, 0) is 17.8 Å². The second-order valence-electron chi connectivity index (χ2n) is 5.70. The Morgan fingerprint density at radius 1 is 1.12 bits per heavy atom. The minimum atomic E-state index is -2.83. The Balaban J connectivity index is 1.85. The molecule has 0 aliphatic carbocycles. The molecule has 2 aromatic carbocycles. The van der Waals surface area contributed by atoms with Crippen molar-refractivity contribution in [2.75, 3.05) is 7.05 Å². The normalized spacial score (nSPS) is 10.7. The molecule has 0 fully saturated rings. The summed E-state index contributed by atoms with van der Waals surface area (Å²) in [6.07, 6.45) is 0.934. The summed E-state index contributed by atoms with van der Waals surface area (Å²) in [4.78, 5) is 14.0. The Bertz CT molecular complexity index is 671. The van der Waals surface area contributed by atoms with Gasteiger partial charge in [-0.25, -0.2) is 0 Å². The van der Waals surface area contributed by atoms with Gasteiger partial charge in [-0.3, -0.25) is 4.79 Å². The lowest BCUT2D eigenvalue weighted by atomic mass is 10.1. The van der Waals surface area contributed by atoms with E-state index in [2.05, 4.69) is 4.74 Å². The highest BCUT2D eigenvalue weighted by atomic mass is 19.3. The Labute approximate surface area is 140 Å². The number of carbonyl (C=O) groups excluding carboxylic acids is 1. The molecule has 1 amide bonds. The zero-order valence-electron chi connectivity index (χ0n) is 13.8. The van der Waals surface area contributed by atoms with Gasteiger partial charge in [-0.15, -0.1) is 0 Å². The van der Waals surface area contributed by atoms with Crippen molar-refractivity contribution in [3.05, 3.63) is 65.2 Å². The number of ether oxygens (including phenoxy) is 1. The van der Waals surface area contributed by atoms with Gasteiger partial charge in [0.2, 0.25) is 5.91 Å². The third kappa shape index (κ3) is 5.33. The first-order chi connectivity index (χ1) is 11.5. The molecule has 3 nitrogen and oxygen atoms in total. The molecular formula is C19H21F2NO2. The molecule has 2 rings (SSSR count). The largest absolute Gasteiger partial charge is 0.435 e. The fourth-order valence-corrected chi connectivity index (χ4v) is 2.41. The smallest absolute Gasteiger partial charge is 0.387 e. The zero-order valence-corrected chi connectivity index (χ0v) is 13.8.